The zero-order valence-electron chi connectivity index (χ0n) is 18.2. The van der Waals surface area contributed by atoms with Gasteiger partial charge in [0.25, 0.3) is 0 Å². The maximum atomic E-state index is 12.4. The molecule has 32 heavy (non-hydrogen) atoms. The first-order valence-electron chi connectivity index (χ1n) is 10.1. The van der Waals surface area contributed by atoms with Crippen molar-refractivity contribution in [3.63, 3.8) is 0 Å². The highest BCUT2D eigenvalue weighted by Gasteiger charge is 2.26. The second-order valence-corrected chi connectivity index (χ2v) is 8.82. The van der Waals surface area contributed by atoms with Crippen LogP contribution in [0.3, 0.4) is 0 Å². The van der Waals surface area contributed by atoms with Gasteiger partial charge in [0.1, 0.15) is 12.9 Å². The fourth-order valence-corrected chi connectivity index (χ4v) is 4.11. The van der Waals surface area contributed by atoms with Crippen molar-refractivity contribution in [1.29, 1.82) is 5.26 Å². The number of carbonyl (C=O) groups excluding carboxylic acids is 2. The number of allylic oxidation sites excluding steroid dienone is 2. The van der Waals surface area contributed by atoms with Crippen LogP contribution in [-0.4, -0.2) is 35.8 Å². The Morgan fingerprint density at radius 3 is 2.53 bits per heavy atom. The molecule has 1 unspecified atom stereocenters. The third-order valence-electron chi connectivity index (χ3n) is 5.20. The standard InChI is InChI=1S/C25H24N2O4S/c1-16-22(12-18-4-7-20(8-5-18)32(3)30)21-9-6-19(15-26)13-24(21)23(16)14-25(29)31-11-10-27-17(2)28/h4-9,12-13H,10-11,14H2,1-3H3,(H,27,28). The summed E-state index contributed by atoms with van der Waals surface area (Å²) in [4.78, 5) is 24.1. The molecule has 6 nitrogen and oxygen atoms in total. The molecule has 0 aromatic heterocycles. The lowest BCUT2D eigenvalue weighted by Crippen LogP contribution is -2.25. The van der Waals surface area contributed by atoms with Crippen LogP contribution in [-0.2, 0) is 25.5 Å². The van der Waals surface area contributed by atoms with Crippen LogP contribution < -0.4 is 5.32 Å². The van der Waals surface area contributed by atoms with Crippen molar-refractivity contribution in [3.8, 4) is 6.07 Å². The lowest BCUT2D eigenvalue weighted by atomic mass is 9.99. The summed E-state index contributed by atoms with van der Waals surface area (Å²) in [7, 11) is 0. The van der Waals surface area contributed by atoms with Crippen LogP contribution in [0, 0.1) is 11.3 Å². The molecule has 0 aliphatic heterocycles. The smallest absolute Gasteiger partial charge is 0.310 e. The first kappa shape index (κ1) is 23.3. The molecular weight excluding hydrogens is 424 g/mol. The highest BCUT2D eigenvalue weighted by atomic mass is 32.2. The monoisotopic (exact) mass is 448 g/mol. The van der Waals surface area contributed by atoms with Crippen LogP contribution in [0.5, 0.6) is 0 Å². The van der Waals surface area contributed by atoms with E-state index in [2.05, 4.69) is 11.4 Å². The van der Waals surface area contributed by atoms with Crippen LogP contribution >= 0.6 is 0 Å². The van der Waals surface area contributed by atoms with Crippen molar-refractivity contribution in [3.05, 3.63) is 70.3 Å². The molecule has 164 valence electrons. The predicted octanol–water partition coefficient (Wildman–Crippen LogP) is 3.69. The van der Waals surface area contributed by atoms with Gasteiger partial charge in [0.05, 0.1) is 24.6 Å². The predicted molar refractivity (Wildman–Crippen MR) is 125 cm³/mol. The summed E-state index contributed by atoms with van der Waals surface area (Å²) in [6, 6.07) is 15.1. The van der Waals surface area contributed by atoms with Gasteiger partial charge in [-0.1, -0.05) is 6.07 Å². The molecule has 1 aliphatic carbocycles. The van der Waals surface area contributed by atoms with E-state index in [-0.39, 0.29) is 25.5 Å². The topological polar surface area (TPSA) is 102 Å². The molecule has 0 heterocycles. The number of hydrogen-bond donors (Lipinski definition) is 1. The van der Waals surface area contributed by atoms with Gasteiger partial charge in [0, 0.05) is 6.92 Å². The molecule has 1 amide bonds. The number of esters is 1. The zero-order valence-corrected chi connectivity index (χ0v) is 19.0. The van der Waals surface area contributed by atoms with Gasteiger partial charge >= 0.3 is 5.97 Å². The molecule has 0 radical (unpaired) electrons. The number of fused-ring (bicyclic) bond motifs is 1. The summed E-state index contributed by atoms with van der Waals surface area (Å²) in [5.74, 6) is -0.574. The fraction of sp³-hybridized carbons (Fsp3) is 0.240. The Hall–Kier alpha value is -3.34. The van der Waals surface area contributed by atoms with Crippen molar-refractivity contribution >= 4 is 40.3 Å². The molecule has 0 saturated heterocycles. The highest BCUT2D eigenvalue weighted by molar-refractivity contribution is 7.90. The minimum Gasteiger partial charge on any atom is -0.612 e. The molecule has 1 atom stereocenters. The Morgan fingerprint density at radius 2 is 1.91 bits per heavy atom. The normalized spacial score (nSPS) is 14.7. The Kier molecular flexibility index (Phi) is 7.52. The van der Waals surface area contributed by atoms with Gasteiger partial charge < -0.3 is 14.6 Å². The average Bonchev–Trinajstić information content (AvgIpc) is 3.02. The number of nitrogens with one attached hydrogen (secondary N) is 1. The molecule has 1 aliphatic rings. The van der Waals surface area contributed by atoms with E-state index < -0.39 is 17.1 Å². The molecule has 0 fully saturated rings. The quantitative estimate of drug-likeness (QED) is 0.395. The maximum absolute atomic E-state index is 12.4. The molecule has 1 N–H and O–H groups in total. The molecule has 0 spiro atoms. The maximum Gasteiger partial charge on any atom is 0.310 e. The number of rotatable bonds is 7. The summed E-state index contributed by atoms with van der Waals surface area (Å²) in [6.45, 7) is 3.72. The van der Waals surface area contributed by atoms with Crippen molar-refractivity contribution in [1.82, 2.24) is 5.32 Å². The summed E-state index contributed by atoms with van der Waals surface area (Å²) < 4.78 is 16.9. The molecule has 0 saturated carbocycles. The second kappa shape index (κ2) is 10.3. The average molecular weight is 449 g/mol. The number of benzene rings is 2. The SMILES string of the molecule is CC(=O)NCCOC(=O)CC1=C(C)C(=Cc2ccc([S+](C)[O-])cc2)c2ccc(C#N)cc21. The molecular formula is C25H24N2O4S. The lowest BCUT2D eigenvalue weighted by molar-refractivity contribution is -0.142. The summed E-state index contributed by atoms with van der Waals surface area (Å²) in [6.07, 6.45) is 3.73. The first-order valence-corrected chi connectivity index (χ1v) is 11.7. The minimum atomic E-state index is -1.04. The summed E-state index contributed by atoms with van der Waals surface area (Å²) in [5.41, 5.74) is 5.99. The number of amides is 1. The van der Waals surface area contributed by atoms with Crippen LogP contribution in [0.4, 0.5) is 0 Å². The number of nitriles is 1. The van der Waals surface area contributed by atoms with E-state index in [0.29, 0.717) is 5.56 Å². The van der Waals surface area contributed by atoms with E-state index in [1.165, 1.54) is 6.92 Å². The van der Waals surface area contributed by atoms with Crippen molar-refractivity contribution in [2.75, 3.05) is 19.4 Å². The molecule has 7 heteroatoms. The van der Waals surface area contributed by atoms with Gasteiger partial charge in [0.2, 0.25) is 5.91 Å². The fourth-order valence-electron chi connectivity index (χ4n) is 3.59. The van der Waals surface area contributed by atoms with E-state index in [1.807, 2.05) is 43.3 Å². The Labute approximate surface area is 190 Å². The van der Waals surface area contributed by atoms with Gasteiger partial charge in [0.15, 0.2) is 4.90 Å². The molecule has 3 rings (SSSR count). The van der Waals surface area contributed by atoms with Crippen LogP contribution in [0.2, 0.25) is 0 Å². The van der Waals surface area contributed by atoms with Gasteiger partial charge in [-0.25, -0.2) is 0 Å². The van der Waals surface area contributed by atoms with Gasteiger partial charge in [-0.2, -0.15) is 5.26 Å². The van der Waals surface area contributed by atoms with E-state index in [9.17, 15) is 19.4 Å². The molecule has 2 aromatic rings. The summed E-state index contributed by atoms with van der Waals surface area (Å²) in [5, 5.41) is 11.9. The summed E-state index contributed by atoms with van der Waals surface area (Å²) >= 11 is -1.04. The molecule has 0 bridgehead atoms. The first-order chi connectivity index (χ1) is 15.3. The van der Waals surface area contributed by atoms with Gasteiger partial charge in [-0.3, -0.25) is 9.59 Å². The Morgan fingerprint density at radius 1 is 1.19 bits per heavy atom. The number of nitrogens with zero attached hydrogens (tertiary/aromatic N) is 1. The van der Waals surface area contributed by atoms with Crippen molar-refractivity contribution in [2.45, 2.75) is 25.2 Å². The minimum absolute atomic E-state index is 0.0683. The molecule has 2 aromatic carbocycles. The number of hydrogen-bond acceptors (Lipinski definition) is 5. The Balaban J connectivity index is 1.90. The second-order valence-electron chi connectivity index (χ2n) is 7.44. The third kappa shape index (κ3) is 5.47. The highest BCUT2D eigenvalue weighted by Crippen LogP contribution is 2.44. The number of ether oxygens (including phenoxy) is 1. The van der Waals surface area contributed by atoms with Crippen LogP contribution in [0.25, 0.3) is 17.2 Å². The van der Waals surface area contributed by atoms with Crippen LogP contribution in [0.1, 0.15) is 42.5 Å². The van der Waals surface area contributed by atoms with E-state index >= 15 is 0 Å². The van der Waals surface area contributed by atoms with Crippen molar-refractivity contribution in [2.24, 2.45) is 0 Å². The van der Waals surface area contributed by atoms with E-state index in [0.717, 1.165) is 38.3 Å². The van der Waals surface area contributed by atoms with Crippen LogP contribution in [0.15, 0.2) is 52.9 Å². The van der Waals surface area contributed by atoms with Gasteiger partial charge in [-0.15, -0.1) is 0 Å². The lowest BCUT2D eigenvalue weighted by Gasteiger charge is -2.08. The largest absolute Gasteiger partial charge is 0.612 e. The van der Waals surface area contributed by atoms with E-state index in [4.69, 9.17) is 4.74 Å². The zero-order chi connectivity index (χ0) is 23.3. The third-order valence-corrected chi connectivity index (χ3v) is 6.14. The number of carbonyl (C=O) groups is 2. The van der Waals surface area contributed by atoms with E-state index in [1.54, 1.807) is 18.4 Å². The van der Waals surface area contributed by atoms with Crippen molar-refractivity contribution < 1.29 is 18.9 Å². The van der Waals surface area contributed by atoms with Gasteiger partial charge in [-0.05, 0) is 94.0 Å². The Bertz CT molecular complexity index is 1140.